The number of para-hydroxylation sites is 1. The first-order chi connectivity index (χ1) is 8.09. The van der Waals surface area contributed by atoms with E-state index < -0.39 is 0 Å². The van der Waals surface area contributed by atoms with Crippen LogP contribution in [0.2, 0.25) is 0 Å². The van der Waals surface area contributed by atoms with Gasteiger partial charge in [-0.25, -0.2) is 0 Å². The summed E-state index contributed by atoms with van der Waals surface area (Å²) in [6, 6.07) is 12.8. The third-order valence-corrected chi connectivity index (χ3v) is 3.04. The van der Waals surface area contributed by atoms with E-state index in [1.165, 1.54) is 5.69 Å². The Kier molecular flexibility index (Phi) is 5.03. The third-order valence-electron chi connectivity index (χ3n) is 3.04. The van der Waals surface area contributed by atoms with Crippen LogP contribution >= 0.6 is 0 Å². The molecule has 0 amide bonds. The van der Waals surface area contributed by atoms with Gasteiger partial charge in [0.15, 0.2) is 0 Å². The summed E-state index contributed by atoms with van der Waals surface area (Å²) in [6.07, 6.45) is 2.01. The first-order valence-corrected chi connectivity index (χ1v) is 6.30. The molecule has 1 rings (SSSR count). The molecule has 0 spiro atoms. The van der Waals surface area contributed by atoms with Crippen molar-refractivity contribution >= 4 is 5.69 Å². The van der Waals surface area contributed by atoms with Crippen LogP contribution in [-0.2, 0) is 0 Å². The number of rotatable bonds is 6. The van der Waals surface area contributed by atoms with Crippen LogP contribution in [0.1, 0.15) is 33.6 Å². The molecular formula is C15H22N2. The molecule has 0 heterocycles. The molecular weight excluding hydrogens is 208 g/mol. The molecule has 0 saturated heterocycles. The van der Waals surface area contributed by atoms with E-state index in [-0.39, 0.29) is 5.41 Å². The van der Waals surface area contributed by atoms with Crippen molar-refractivity contribution in [3.8, 4) is 6.07 Å². The number of anilines is 1. The molecule has 92 valence electrons. The maximum atomic E-state index is 8.97. The fraction of sp³-hybridized carbons (Fsp3) is 0.533. The van der Waals surface area contributed by atoms with E-state index in [0.717, 1.165) is 25.9 Å². The normalized spacial score (nSPS) is 10.9. The van der Waals surface area contributed by atoms with Crippen molar-refractivity contribution < 1.29 is 0 Å². The molecule has 0 unspecified atom stereocenters. The quantitative estimate of drug-likeness (QED) is 0.742. The van der Waals surface area contributed by atoms with Crippen molar-refractivity contribution in [1.29, 1.82) is 5.26 Å². The molecule has 0 aliphatic rings. The van der Waals surface area contributed by atoms with Gasteiger partial charge in [0.05, 0.1) is 11.5 Å². The van der Waals surface area contributed by atoms with E-state index in [0.29, 0.717) is 0 Å². The zero-order chi connectivity index (χ0) is 12.7. The summed E-state index contributed by atoms with van der Waals surface area (Å²) < 4.78 is 0. The summed E-state index contributed by atoms with van der Waals surface area (Å²) in [6.45, 7) is 8.21. The first-order valence-electron chi connectivity index (χ1n) is 6.30. The number of nitrogens with zero attached hydrogens (tertiary/aromatic N) is 2. The second-order valence-corrected chi connectivity index (χ2v) is 5.01. The van der Waals surface area contributed by atoms with Gasteiger partial charge in [-0.05, 0) is 45.7 Å². The largest absolute Gasteiger partial charge is 0.372 e. The van der Waals surface area contributed by atoms with Gasteiger partial charge in [0.2, 0.25) is 0 Å². The Balaban J connectivity index is 2.47. The zero-order valence-electron chi connectivity index (χ0n) is 11.1. The Morgan fingerprint density at radius 1 is 1.24 bits per heavy atom. The highest BCUT2D eigenvalue weighted by molar-refractivity contribution is 5.45. The molecule has 0 fully saturated rings. The van der Waals surface area contributed by atoms with Crippen LogP contribution in [-0.4, -0.2) is 13.1 Å². The second kappa shape index (κ2) is 6.30. The monoisotopic (exact) mass is 230 g/mol. The van der Waals surface area contributed by atoms with Gasteiger partial charge in [-0.1, -0.05) is 18.2 Å². The van der Waals surface area contributed by atoms with Gasteiger partial charge in [0.1, 0.15) is 0 Å². The van der Waals surface area contributed by atoms with Gasteiger partial charge in [-0.2, -0.15) is 5.26 Å². The van der Waals surface area contributed by atoms with Gasteiger partial charge in [0, 0.05) is 18.8 Å². The van der Waals surface area contributed by atoms with Crippen molar-refractivity contribution in [1.82, 2.24) is 0 Å². The maximum Gasteiger partial charge on any atom is 0.0683 e. The van der Waals surface area contributed by atoms with Gasteiger partial charge < -0.3 is 4.90 Å². The highest BCUT2D eigenvalue weighted by Crippen LogP contribution is 2.22. The third kappa shape index (κ3) is 4.48. The molecule has 1 aromatic rings. The Morgan fingerprint density at radius 3 is 2.41 bits per heavy atom. The van der Waals surface area contributed by atoms with Crippen molar-refractivity contribution in [2.75, 3.05) is 18.0 Å². The minimum Gasteiger partial charge on any atom is -0.372 e. The molecule has 1 aromatic carbocycles. The predicted octanol–water partition coefficient (Wildman–Crippen LogP) is 3.84. The molecule has 0 aliphatic carbocycles. The highest BCUT2D eigenvalue weighted by atomic mass is 15.1. The van der Waals surface area contributed by atoms with Crippen molar-refractivity contribution in [2.45, 2.75) is 33.6 Å². The lowest BCUT2D eigenvalue weighted by Gasteiger charge is -2.24. The molecule has 0 bridgehead atoms. The minimum atomic E-state index is -0.198. The van der Waals surface area contributed by atoms with Crippen LogP contribution in [0.25, 0.3) is 0 Å². The van der Waals surface area contributed by atoms with Crippen LogP contribution in [0, 0.1) is 16.7 Å². The Morgan fingerprint density at radius 2 is 1.88 bits per heavy atom. The number of nitriles is 1. The van der Waals surface area contributed by atoms with Crippen molar-refractivity contribution in [3.05, 3.63) is 30.3 Å². The van der Waals surface area contributed by atoms with Crippen LogP contribution in [0.4, 0.5) is 5.69 Å². The molecule has 0 aromatic heterocycles. The second-order valence-electron chi connectivity index (χ2n) is 5.01. The molecule has 17 heavy (non-hydrogen) atoms. The average molecular weight is 230 g/mol. The van der Waals surface area contributed by atoms with Gasteiger partial charge in [-0.15, -0.1) is 0 Å². The standard InChI is InChI=1S/C15H22N2/c1-4-17(14-9-6-5-7-10-14)12-8-11-15(2,3)13-16/h5-7,9-10H,4,8,11-12H2,1-3H3. The fourth-order valence-corrected chi connectivity index (χ4v) is 1.88. The number of hydrogen-bond donors (Lipinski definition) is 0. The van der Waals surface area contributed by atoms with Crippen LogP contribution in [0.3, 0.4) is 0 Å². The zero-order valence-corrected chi connectivity index (χ0v) is 11.1. The Hall–Kier alpha value is -1.49. The molecule has 0 aliphatic heterocycles. The minimum absolute atomic E-state index is 0.198. The summed E-state index contributed by atoms with van der Waals surface area (Å²) in [5, 5.41) is 8.97. The van der Waals surface area contributed by atoms with Crippen LogP contribution < -0.4 is 4.90 Å². The average Bonchev–Trinajstić information content (AvgIpc) is 2.36. The Bertz CT molecular complexity index is 362. The number of benzene rings is 1. The molecule has 2 heteroatoms. The SMILES string of the molecule is CCN(CCCC(C)(C)C#N)c1ccccc1. The maximum absolute atomic E-state index is 8.97. The fourth-order valence-electron chi connectivity index (χ4n) is 1.88. The summed E-state index contributed by atoms with van der Waals surface area (Å²) >= 11 is 0. The van der Waals surface area contributed by atoms with Crippen molar-refractivity contribution in [2.24, 2.45) is 5.41 Å². The van der Waals surface area contributed by atoms with Gasteiger partial charge >= 0.3 is 0 Å². The van der Waals surface area contributed by atoms with E-state index in [1.54, 1.807) is 0 Å². The van der Waals surface area contributed by atoms with Crippen LogP contribution in [0.5, 0.6) is 0 Å². The molecule has 0 N–H and O–H groups in total. The first kappa shape index (κ1) is 13.6. The Labute approximate surface area is 105 Å². The van der Waals surface area contributed by atoms with E-state index in [4.69, 9.17) is 5.26 Å². The summed E-state index contributed by atoms with van der Waals surface area (Å²) in [4.78, 5) is 2.35. The lowest BCUT2D eigenvalue weighted by atomic mass is 9.90. The topological polar surface area (TPSA) is 27.0 Å². The summed E-state index contributed by atoms with van der Waals surface area (Å²) in [5.41, 5.74) is 1.07. The van der Waals surface area contributed by atoms with E-state index >= 15 is 0 Å². The molecule has 0 atom stereocenters. The molecule has 0 radical (unpaired) electrons. The van der Waals surface area contributed by atoms with E-state index in [2.05, 4.69) is 42.2 Å². The molecule has 2 nitrogen and oxygen atoms in total. The van der Waals surface area contributed by atoms with Gasteiger partial charge in [0.25, 0.3) is 0 Å². The lowest BCUT2D eigenvalue weighted by Crippen LogP contribution is -2.25. The van der Waals surface area contributed by atoms with E-state index in [1.807, 2.05) is 19.9 Å². The van der Waals surface area contributed by atoms with Crippen LogP contribution in [0.15, 0.2) is 30.3 Å². The van der Waals surface area contributed by atoms with Crippen molar-refractivity contribution in [3.63, 3.8) is 0 Å². The predicted molar refractivity (Wildman–Crippen MR) is 73.0 cm³/mol. The van der Waals surface area contributed by atoms with Gasteiger partial charge in [-0.3, -0.25) is 0 Å². The summed E-state index contributed by atoms with van der Waals surface area (Å²) in [7, 11) is 0. The highest BCUT2D eigenvalue weighted by Gasteiger charge is 2.16. The smallest absolute Gasteiger partial charge is 0.0683 e. The summed E-state index contributed by atoms with van der Waals surface area (Å²) in [5.74, 6) is 0. The molecule has 0 saturated carbocycles. The van der Waals surface area contributed by atoms with E-state index in [9.17, 15) is 0 Å². The number of hydrogen-bond acceptors (Lipinski definition) is 2. The lowest BCUT2D eigenvalue weighted by molar-refractivity contribution is 0.435.